The molecule has 20 heavy (non-hydrogen) atoms. The molecule has 6 nitrogen and oxygen atoms in total. The summed E-state index contributed by atoms with van der Waals surface area (Å²) >= 11 is 0. The number of hydrogen-bond donors (Lipinski definition) is 1. The molecular weight excluding hydrogens is 258 g/mol. The number of esters is 1. The molecule has 2 aromatic rings. The van der Waals surface area contributed by atoms with Gasteiger partial charge in [-0.1, -0.05) is 12.1 Å². The van der Waals surface area contributed by atoms with Crippen LogP contribution in [0.5, 0.6) is 11.6 Å². The van der Waals surface area contributed by atoms with Crippen molar-refractivity contribution in [2.45, 2.75) is 13.5 Å². The highest BCUT2D eigenvalue weighted by molar-refractivity contribution is 5.85. The van der Waals surface area contributed by atoms with Gasteiger partial charge in [0, 0.05) is 18.3 Å². The molecule has 6 heteroatoms. The van der Waals surface area contributed by atoms with Crippen molar-refractivity contribution >= 4 is 5.97 Å². The number of methoxy groups -OCH3 is 1. The van der Waals surface area contributed by atoms with Crippen LogP contribution >= 0.6 is 0 Å². The number of aryl methyl sites for hydroxylation is 1. The van der Waals surface area contributed by atoms with Gasteiger partial charge in [0.2, 0.25) is 11.7 Å². The molecule has 0 atom stereocenters. The zero-order valence-electron chi connectivity index (χ0n) is 11.3. The summed E-state index contributed by atoms with van der Waals surface area (Å²) in [6, 6.07) is 8.95. The van der Waals surface area contributed by atoms with Gasteiger partial charge in [0.05, 0.1) is 7.11 Å². The SMILES string of the molecule is COC(=O)c1nc(C)cc(Oc2ccc(CN)cc2)n1. The fraction of sp³-hybridized carbons (Fsp3) is 0.214. The van der Waals surface area contributed by atoms with E-state index in [9.17, 15) is 4.79 Å². The van der Waals surface area contributed by atoms with E-state index in [0.29, 0.717) is 23.9 Å². The Bertz CT molecular complexity index is 612. The normalized spacial score (nSPS) is 10.2. The van der Waals surface area contributed by atoms with E-state index >= 15 is 0 Å². The minimum atomic E-state index is -0.600. The van der Waals surface area contributed by atoms with Crippen LogP contribution in [0.4, 0.5) is 0 Å². The molecule has 0 unspecified atom stereocenters. The molecule has 0 aliphatic heterocycles. The van der Waals surface area contributed by atoms with Crippen LogP contribution in [0, 0.1) is 6.92 Å². The highest BCUT2D eigenvalue weighted by Crippen LogP contribution is 2.20. The summed E-state index contributed by atoms with van der Waals surface area (Å²) < 4.78 is 10.2. The zero-order chi connectivity index (χ0) is 14.5. The third-order valence-electron chi connectivity index (χ3n) is 2.58. The monoisotopic (exact) mass is 273 g/mol. The maximum Gasteiger partial charge on any atom is 0.376 e. The van der Waals surface area contributed by atoms with Gasteiger partial charge in [0.15, 0.2) is 0 Å². The zero-order valence-corrected chi connectivity index (χ0v) is 11.3. The van der Waals surface area contributed by atoms with E-state index in [1.807, 2.05) is 12.1 Å². The first-order valence-corrected chi connectivity index (χ1v) is 6.03. The maximum atomic E-state index is 11.4. The Kier molecular flexibility index (Phi) is 4.27. The molecule has 1 aromatic heterocycles. The van der Waals surface area contributed by atoms with Crippen molar-refractivity contribution in [3.05, 3.63) is 47.4 Å². The lowest BCUT2D eigenvalue weighted by atomic mass is 10.2. The summed E-state index contributed by atoms with van der Waals surface area (Å²) in [4.78, 5) is 19.4. The number of rotatable bonds is 4. The molecule has 0 amide bonds. The molecule has 0 saturated heterocycles. The molecule has 0 saturated carbocycles. The first-order valence-electron chi connectivity index (χ1n) is 6.03. The number of nitrogens with zero attached hydrogens (tertiary/aromatic N) is 2. The van der Waals surface area contributed by atoms with Gasteiger partial charge in [0.1, 0.15) is 5.75 Å². The smallest absolute Gasteiger partial charge is 0.376 e. The van der Waals surface area contributed by atoms with Crippen LogP contribution in [0.2, 0.25) is 0 Å². The Morgan fingerprint density at radius 1 is 1.25 bits per heavy atom. The van der Waals surface area contributed by atoms with Gasteiger partial charge in [0.25, 0.3) is 0 Å². The number of carbonyl (C=O) groups is 1. The van der Waals surface area contributed by atoms with E-state index in [-0.39, 0.29) is 5.82 Å². The van der Waals surface area contributed by atoms with Crippen LogP contribution in [0.3, 0.4) is 0 Å². The summed E-state index contributed by atoms with van der Waals surface area (Å²) in [7, 11) is 1.28. The summed E-state index contributed by atoms with van der Waals surface area (Å²) in [6.45, 7) is 2.22. The van der Waals surface area contributed by atoms with E-state index in [4.69, 9.17) is 10.5 Å². The van der Waals surface area contributed by atoms with Gasteiger partial charge >= 0.3 is 5.97 Å². The Hall–Kier alpha value is -2.47. The standard InChI is InChI=1S/C14H15N3O3/c1-9-7-12(17-13(16-9)14(18)19-2)20-11-5-3-10(8-15)4-6-11/h3-7H,8,15H2,1-2H3. The predicted octanol–water partition coefficient (Wildman–Crippen LogP) is 1.82. The molecular formula is C14H15N3O3. The fourth-order valence-electron chi connectivity index (χ4n) is 1.59. The molecule has 0 fully saturated rings. The highest BCUT2D eigenvalue weighted by Gasteiger charge is 2.12. The lowest BCUT2D eigenvalue weighted by Crippen LogP contribution is -2.09. The second-order valence-electron chi connectivity index (χ2n) is 4.11. The Morgan fingerprint density at radius 3 is 2.55 bits per heavy atom. The van der Waals surface area contributed by atoms with Gasteiger partial charge in [-0.15, -0.1) is 0 Å². The van der Waals surface area contributed by atoms with E-state index in [1.165, 1.54) is 7.11 Å². The number of nitrogens with two attached hydrogens (primary N) is 1. The van der Waals surface area contributed by atoms with Crippen molar-refractivity contribution in [2.75, 3.05) is 7.11 Å². The minimum absolute atomic E-state index is 0.0268. The largest absolute Gasteiger partial charge is 0.463 e. The van der Waals surface area contributed by atoms with E-state index in [0.717, 1.165) is 5.56 Å². The van der Waals surface area contributed by atoms with Crippen LogP contribution < -0.4 is 10.5 Å². The predicted molar refractivity (Wildman–Crippen MR) is 72.5 cm³/mol. The van der Waals surface area contributed by atoms with Crippen molar-refractivity contribution in [1.82, 2.24) is 9.97 Å². The molecule has 0 radical (unpaired) electrons. The summed E-state index contributed by atoms with van der Waals surface area (Å²) in [5.41, 5.74) is 7.15. The van der Waals surface area contributed by atoms with E-state index in [1.54, 1.807) is 25.1 Å². The third kappa shape index (κ3) is 3.30. The number of carbonyl (C=O) groups excluding carboxylic acids is 1. The Labute approximate surface area is 116 Å². The van der Waals surface area contributed by atoms with Gasteiger partial charge < -0.3 is 15.2 Å². The first kappa shape index (κ1) is 14.0. The number of benzene rings is 1. The highest BCUT2D eigenvalue weighted by atomic mass is 16.5. The Morgan fingerprint density at radius 2 is 1.95 bits per heavy atom. The van der Waals surface area contributed by atoms with Crippen molar-refractivity contribution in [3.8, 4) is 11.6 Å². The van der Waals surface area contributed by atoms with Crippen LogP contribution in [0.25, 0.3) is 0 Å². The average molecular weight is 273 g/mol. The Balaban J connectivity index is 2.23. The molecule has 1 heterocycles. The number of aromatic nitrogens is 2. The van der Waals surface area contributed by atoms with Crippen molar-refractivity contribution in [3.63, 3.8) is 0 Å². The average Bonchev–Trinajstić information content (AvgIpc) is 2.46. The van der Waals surface area contributed by atoms with E-state index < -0.39 is 5.97 Å². The van der Waals surface area contributed by atoms with Gasteiger partial charge in [-0.05, 0) is 24.6 Å². The molecule has 0 spiro atoms. The van der Waals surface area contributed by atoms with Gasteiger partial charge in [-0.25, -0.2) is 9.78 Å². The van der Waals surface area contributed by atoms with Crippen LogP contribution in [-0.2, 0) is 11.3 Å². The molecule has 0 aliphatic carbocycles. The molecule has 0 aliphatic rings. The number of ether oxygens (including phenoxy) is 2. The lowest BCUT2D eigenvalue weighted by Gasteiger charge is -2.07. The molecule has 2 rings (SSSR count). The van der Waals surface area contributed by atoms with Crippen LogP contribution in [0.15, 0.2) is 30.3 Å². The van der Waals surface area contributed by atoms with Crippen molar-refractivity contribution in [1.29, 1.82) is 0 Å². The molecule has 104 valence electrons. The van der Waals surface area contributed by atoms with Crippen molar-refractivity contribution in [2.24, 2.45) is 5.73 Å². The summed E-state index contributed by atoms with van der Waals surface area (Å²) in [5.74, 6) is 0.271. The molecule has 1 aromatic carbocycles. The third-order valence-corrected chi connectivity index (χ3v) is 2.58. The van der Waals surface area contributed by atoms with Gasteiger partial charge in [-0.2, -0.15) is 4.98 Å². The van der Waals surface area contributed by atoms with Gasteiger partial charge in [-0.3, -0.25) is 0 Å². The maximum absolute atomic E-state index is 11.4. The van der Waals surface area contributed by atoms with E-state index in [2.05, 4.69) is 14.7 Å². The van der Waals surface area contributed by atoms with Crippen LogP contribution in [-0.4, -0.2) is 23.0 Å². The minimum Gasteiger partial charge on any atom is -0.463 e. The fourth-order valence-corrected chi connectivity index (χ4v) is 1.59. The second kappa shape index (κ2) is 6.12. The molecule has 2 N–H and O–H groups in total. The molecule has 0 bridgehead atoms. The quantitative estimate of drug-likeness (QED) is 0.855. The van der Waals surface area contributed by atoms with Crippen LogP contribution in [0.1, 0.15) is 21.9 Å². The topological polar surface area (TPSA) is 87.3 Å². The number of hydrogen-bond acceptors (Lipinski definition) is 6. The van der Waals surface area contributed by atoms with Crippen molar-refractivity contribution < 1.29 is 14.3 Å². The second-order valence-corrected chi connectivity index (χ2v) is 4.11. The lowest BCUT2D eigenvalue weighted by molar-refractivity contribution is 0.0585. The summed E-state index contributed by atoms with van der Waals surface area (Å²) in [5, 5.41) is 0. The first-order chi connectivity index (χ1) is 9.62. The summed E-state index contributed by atoms with van der Waals surface area (Å²) in [6.07, 6.45) is 0.